The van der Waals surface area contributed by atoms with E-state index in [1.54, 1.807) is 29.8 Å². The van der Waals surface area contributed by atoms with E-state index in [0.29, 0.717) is 23.6 Å². The van der Waals surface area contributed by atoms with Crippen LogP contribution in [0.1, 0.15) is 24.2 Å². The number of rotatable bonds is 6. The van der Waals surface area contributed by atoms with Gasteiger partial charge in [0, 0.05) is 55.7 Å². The van der Waals surface area contributed by atoms with Crippen molar-refractivity contribution in [3.63, 3.8) is 0 Å². The molecule has 3 N–H and O–H groups in total. The number of imidazole rings is 1. The minimum atomic E-state index is -0.185. The number of amides is 1. The summed E-state index contributed by atoms with van der Waals surface area (Å²) in [6, 6.07) is 7.29. The number of aromatic nitrogens is 2. The van der Waals surface area contributed by atoms with Crippen molar-refractivity contribution in [2.75, 3.05) is 32.0 Å². The van der Waals surface area contributed by atoms with Gasteiger partial charge in [0.2, 0.25) is 5.91 Å². The van der Waals surface area contributed by atoms with Gasteiger partial charge < -0.3 is 15.8 Å². The van der Waals surface area contributed by atoms with Crippen LogP contribution in [0.2, 0.25) is 0 Å². The summed E-state index contributed by atoms with van der Waals surface area (Å²) in [4.78, 5) is 29.4. The summed E-state index contributed by atoms with van der Waals surface area (Å²) in [7, 11) is 0. The van der Waals surface area contributed by atoms with Gasteiger partial charge in [-0.2, -0.15) is 0 Å². The third-order valence-corrected chi connectivity index (χ3v) is 6.69. The number of ether oxygens (including phenoxy) is 1. The number of carbonyl (C=O) groups is 1. The summed E-state index contributed by atoms with van der Waals surface area (Å²) in [6.07, 6.45) is 9.79. The van der Waals surface area contributed by atoms with Gasteiger partial charge in [0.1, 0.15) is 5.84 Å². The number of nitrogen functional groups attached to an aromatic ring is 1. The fraction of sp³-hybridized carbons (Fsp3) is 0.280. The van der Waals surface area contributed by atoms with Crippen LogP contribution in [0.4, 0.5) is 11.4 Å². The van der Waals surface area contributed by atoms with E-state index in [2.05, 4.69) is 36.2 Å². The number of morpholine rings is 1. The third-order valence-electron chi connectivity index (χ3n) is 5.80. The Balaban J connectivity index is 1.22. The molecule has 0 bridgehead atoms. The number of fused-ring (bicyclic) bond motifs is 1. The molecule has 1 saturated heterocycles. The summed E-state index contributed by atoms with van der Waals surface area (Å²) >= 11 is 1.64. The van der Waals surface area contributed by atoms with Crippen LogP contribution >= 0.6 is 11.3 Å². The molecule has 0 unspecified atom stereocenters. The lowest BCUT2D eigenvalue weighted by Crippen LogP contribution is -2.35. The summed E-state index contributed by atoms with van der Waals surface area (Å²) < 4.78 is 7.62. The number of nitrogens with zero attached hydrogens (tertiary/aromatic N) is 5. The number of aliphatic imine (C=N–C) groups is 2. The zero-order valence-corrected chi connectivity index (χ0v) is 20.1. The fourth-order valence-electron chi connectivity index (χ4n) is 3.96. The van der Waals surface area contributed by atoms with Gasteiger partial charge in [-0.1, -0.05) is 18.2 Å². The molecule has 0 spiro atoms. The summed E-state index contributed by atoms with van der Waals surface area (Å²) in [6.45, 7) is 4.32. The number of benzene rings is 1. The largest absolute Gasteiger partial charge is 0.397 e. The number of carbonyl (C=O) groups excluding carboxylic acids is 1. The molecule has 10 heteroatoms. The van der Waals surface area contributed by atoms with E-state index < -0.39 is 0 Å². The molecule has 1 aromatic carbocycles. The van der Waals surface area contributed by atoms with Crippen molar-refractivity contribution in [3.05, 3.63) is 65.6 Å². The zero-order chi connectivity index (χ0) is 24.0. The van der Waals surface area contributed by atoms with Gasteiger partial charge in [-0.05, 0) is 23.8 Å². The van der Waals surface area contributed by atoms with Gasteiger partial charge >= 0.3 is 0 Å². The second-order valence-corrected chi connectivity index (χ2v) is 9.14. The molecule has 5 rings (SSSR count). The summed E-state index contributed by atoms with van der Waals surface area (Å²) in [5.74, 6) is 0.391. The fourth-order valence-corrected chi connectivity index (χ4v) is 4.82. The van der Waals surface area contributed by atoms with Crippen LogP contribution in [0.15, 0.2) is 64.2 Å². The van der Waals surface area contributed by atoms with Crippen molar-refractivity contribution < 1.29 is 9.53 Å². The number of anilines is 1. The topological polar surface area (TPSA) is 110 Å². The predicted octanol–water partition coefficient (Wildman–Crippen LogP) is 3.42. The second kappa shape index (κ2) is 10.8. The number of nitrogens with one attached hydrogen (secondary N) is 1. The van der Waals surface area contributed by atoms with E-state index in [-0.39, 0.29) is 12.3 Å². The molecule has 2 aliphatic rings. The smallest absolute Gasteiger partial charge is 0.230 e. The van der Waals surface area contributed by atoms with Gasteiger partial charge in [-0.3, -0.25) is 19.1 Å². The lowest BCUT2D eigenvalue weighted by Gasteiger charge is -2.26. The van der Waals surface area contributed by atoms with Crippen molar-refractivity contribution in [2.24, 2.45) is 9.98 Å². The van der Waals surface area contributed by atoms with E-state index in [1.807, 2.05) is 30.4 Å². The van der Waals surface area contributed by atoms with Crippen LogP contribution in [0, 0.1) is 0 Å². The monoisotopic (exact) mass is 489 g/mol. The Labute approximate surface area is 207 Å². The molecule has 9 nitrogen and oxygen atoms in total. The number of hydrogen-bond donors (Lipinski definition) is 2. The van der Waals surface area contributed by atoms with Crippen LogP contribution in [-0.2, 0) is 16.1 Å². The summed E-state index contributed by atoms with van der Waals surface area (Å²) in [5.41, 5.74) is 10.2. The molecule has 0 aliphatic carbocycles. The van der Waals surface area contributed by atoms with Gasteiger partial charge in [0.05, 0.1) is 36.7 Å². The standard InChI is InChI=1S/C25H27N7O2S/c26-20-5-1-2-6-21(20)27-9-7-24(33)30-23-14-18(4-3-8-28-23)22-16-32-19(17-35-25(32)29-22)15-31-10-12-34-13-11-31/h1-6,8-9,16-17H,7,10-15,26H2,(H,28,30,33). The molecule has 0 radical (unpaired) electrons. The molecular formula is C25H27N7O2S. The predicted molar refractivity (Wildman–Crippen MR) is 140 cm³/mol. The molecular weight excluding hydrogens is 462 g/mol. The Morgan fingerprint density at radius 3 is 3.00 bits per heavy atom. The second-order valence-electron chi connectivity index (χ2n) is 8.30. The molecule has 2 aliphatic heterocycles. The van der Waals surface area contributed by atoms with Gasteiger partial charge in [0.15, 0.2) is 4.96 Å². The average Bonchev–Trinajstić information content (AvgIpc) is 3.36. The maximum absolute atomic E-state index is 12.5. The number of allylic oxidation sites excluding steroid dienone is 2. The highest BCUT2D eigenvalue weighted by Gasteiger charge is 2.17. The quantitative estimate of drug-likeness (QED) is 0.407. The van der Waals surface area contributed by atoms with Crippen molar-refractivity contribution in [1.29, 1.82) is 0 Å². The molecule has 1 amide bonds. The highest BCUT2D eigenvalue weighted by molar-refractivity contribution is 7.15. The Morgan fingerprint density at radius 1 is 1.29 bits per heavy atom. The Kier molecular flexibility index (Phi) is 7.12. The zero-order valence-electron chi connectivity index (χ0n) is 19.3. The highest BCUT2D eigenvalue weighted by atomic mass is 32.1. The molecule has 0 atom stereocenters. The lowest BCUT2D eigenvalue weighted by molar-refractivity contribution is -0.118. The van der Waals surface area contributed by atoms with Crippen LogP contribution < -0.4 is 11.1 Å². The van der Waals surface area contributed by atoms with Crippen molar-refractivity contribution >= 4 is 51.2 Å². The van der Waals surface area contributed by atoms with Gasteiger partial charge in [-0.15, -0.1) is 11.3 Å². The number of amidine groups is 1. The molecule has 4 heterocycles. The maximum atomic E-state index is 12.5. The Hall–Kier alpha value is -3.60. The third kappa shape index (κ3) is 5.73. The summed E-state index contributed by atoms with van der Waals surface area (Å²) in [5, 5.41) is 5.07. The van der Waals surface area contributed by atoms with Crippen molar-refractivity contribution in [3.8, 4) is 0 Å². The Morgan fingerprint density at radius 2 is 2.14 bits per heavy atom. The SMILES string of the molecule is Nc1ccccc1N=CCC(=O)NC1=NC=CC=C(c2cn3c(CN4CCOCC4)csc3n2)C1. The van der Waals surface area contributed by atoms with Crippen molar-refractivity contribution in [2.45, 2.75) is 19.4 Å². The van der Waals surface area contributed by atoms with E-state index in [4.69, 9.17) is 15.5 Å². The number of nitrogens with two attached hydrogens (primary N) is 1. The van der Waals surface area contributed by atoms with E-state index >= 15 is 0 Å². The minimum Gasteiger partial charge on any atom is -0.397 e. The normalized spacial score (nSPS) is 16.9. The first-order chi connectivity index (χ1) is 17.2. The molecule has 35 heavy (non-hydrogen) atoms. The number of hydrogen-bond acceptors (Lipinski definition) is 8. The van der Waals surface area contributed by atoms with Crippen LogP contribution in [0.5, 0.6) is 0 Å². The molecule has 2 aromatic heterocycles. The molecule has 1 fully saturated rings. The van der Waals surface area contributed by atoms with Crippen LogP contribution in [0.25, 0.3) is 10.5 Å². The maximum Gasteiger partial charge on any atom is 0.230 e. The lowest BCUT2D eigenvalue weighted by atomic mass is 10.1. The van der Waals surface area contributed by atoms with E-state index in [0.717, 1.165) is 49.1 Å². The first-order valence-corrected chi connectivity index (χ1v) is 12.4. The Bertz CT molecular complexity index is 1330. The first kappa shape index (κ1) is 23.2. The molecule has 0 saturated carbocycles. The average molecular weight is 490 g/mol. The van der Waals surface area contributed by atoms with Gasteiger partial charge in [-0.25, -0.2) is 9.98 Å². The molecule has 3 aromatic rings. The number of para-hydroxylation sites is 2. The minimum absolute atomic E-state index is 0.126. The highest BCUT2D eigenvalue weighted by Crippen LogP contribution is 2.25. The van der Waals surface area contributed by atoms with E-state index in [1.165, 1.54) is 5.69 Å². The van der Waals surface area contributed by atoms with Crippen LogP contribution in [0.3, 0.4) is 0 Å². The van der Waals surface area contributed by atoms with Gasteiger partial charge in [0.25, 0.3) is 0 Å². The molecule has 180 valence electrons. The van der Waals surface area contributed by atoms with E-state index in [9.17, 15) is 4.79 Å². The first-order valence-electron chi connectivity index (χ1n) is 11.5. The van der Waals surface area contributed by atoms with Crippen molar-refractivity contribution in [1.82, 2.24) is 19.6 Å². The van der Waals surface area contributed by atoms with Crippen LogP contribution in [-0.4, -0.2) is 58.5 Å². The number of thiazole rings is 1.